The van der Waals surface area contributed by atoms with Gasteiger partial charge in [0.05, 0.1) is 39.5 Å². The Labute approximate surface area is 133 Å². The zero-order valence-electron chi connectivity index (χ0n) is 12.8. The van der Waals surface area contributed by atoms with Gasteiger partial charge in [-0.1, -0.05) is 0 Å². The maximum Gasteiger partial charge on any atom is 0.306 e. The van der Waals surface area contributed by atoms with Gasteiger partial charge < -0.3 is 44.8 Å². The van der Waals surface area contributed by atoms with E-state index in [-0.39, 0.29) is 32.7 Å². The van der Waals surface area contributed by atoms with Crippen molar-refractivity contribution < 1.29 is 49.6 Å². The number of ether oxygens (including phenoxy) is 3. The maximum atomic E-state index is 11.5. The Morgan fingerprint density at radius 2 is 1.22 bits per heavy atom. The molecule has 3 atom stereocenters. The Balaban J connectivity index is 4.19. The van der Waals surface area contributed by atoms with Crippen molar-refractivity contribution >= 4 is 5.97 Å². The Morgan fingerprint density at radius 1 is 0.783 bits per heavy atom. The first-order valence-electron chi connectivity index (χ1n) is 7.18. The highest BCUT2D eigenvalue weighted by Crippen LogP contribution is 2.08. The largest absolute Gasteiger partial charge is 0.463 e. The van der Waals surface area contributed by atoms with Crippen LogP contribution in [0.4, 0.5) is 0 Å². The summed E-state index contributed by atoms with van der Waals surface area (Å²) in [6, 6.07) is 0. The van der Waals surface area contributed by atoms with E-state index >= 15 is 0 Å². The van der Waals surface area contributed by atoms with Crippen LogP contribution in [0.5, 0.6) is 0 Å². The second kappa shape index (κ2) is 13.6. The molecule has 138 valence electrons. The quantitative estimate of drug-likeness (QED) is 0.139. The van der Waals surface area contributed by atoms with Gasteiger partial charge in [0.15, 0.2) is 6.29 Å². The summed E-state index contributed by atoms with van der Waals surface area (Å²) in [5.74, 6) is -0.653. The molecule has 0 aliphatic carbocycles. The van der Waals surface area contributed by atoms with E-state index in [2.05, 4.69) is 0 Å². The number of carbonyl (C=O) groups excluding carboxylic acids is 1. The third kappa shape index (κ3) is 12.3. The van der Waals surface area contributed by atoms with Crippen LogP contribution in [0.1, 0.15) is 12.8 Å². The molecule has 0 amide bonds. The molecule has 0 aliphatic heterocycles. The minimum atomic E-state index is -1.15. The van der Waals surface area contributed by atoms with Crippen LogP contribution < -0.4 is 0 Å². The SMILES string of the molecule is O=C(CCC(OCC(O)CO)OCC(O)CO)OCC(O)CO. The molecule has 0 aliphatic rings. The molecule has 3 unspecified atom stereocenters. The van der Waals surface area contributed by atoms with Crippen LogP contribution >= 0.6 is 0 Å². The average molecular weight is 342 g/mol. The fraction of sp³-hybridized carbons (Fsp3) is 0.923. The van der Waals surface area contributed by atoms with E-state index < -0.39 is 50.4 Å². The highest BCUT2D eigenvalue weighted by Gasteiger charge is 2.17. The lowest BCUT2D eigenvalue weighted by Gasteiger charge is -2.21. The number of hydrogen-bond donors (Lipinski definition) is 6. The maximum absolute atomic E-state index is 11.5. The third-order valence-corrected chi connectivity index (χ3v) is 2.60. The van der Waals surface area contributed by atoms with Crippen LogP contribution in [-0.2, 0) is 19.0 Å². The summed E-state index contributed by atoms with van der Waals surface area (Å²) in [6.45, 7) is -2.36. The molecule has 0 aromatic heterocycles. The van der Waals surface area contributed by atoms with E-state index in [0.717, 1.165) is 0 Å². The molecule has 0 fully saturated rings. The molecule has 0 aromatic rings. The predicted octanol–water partition coefficient (Wildman–Crippen LogP) is -3.27. The standard InChI is InChI=1S/C13H26O10/c14-3-9(17)6-21-12(20)1-2-13(22-7-10(18)4-15)23-8-11(19)5-16/h9-11,13-19H,1-8H2. The van der Waals surface area contributed by atoms with E-state index in [1.54, 1.807) is 0 Å². The van der Waals surface area contributed by atoms with Crippen LogP contribution in [0.15, 0.2) is 0 Å². The van der Waals surface area contributed by atoms with Gasteiger partial charge in [-0.25, -0.2) is 0 Å². The van der Waals surface area contributed by atoms with Crippen molar-refractivity contribution in [2.75, 3.05) is 39.6 Å². The lowest BCUT2D eigenvalue weighted by Crippen LogP contribution is -2.30. The zero-order valence-corrected chi connectivity index (χ0v) is 12.8. The predicted molar refractivity (Wildman–Crippen MR) is 75.2 cm³/mol. The van der Waals surface area contributed by atoms with Gasteiger partial charge in [0.25, 0.3) is 0 Å². The Morgan fingerprint density at radius 3 is 1.65 bits per heavy atom. The second-order valence-electron chi connectivity index (χ2n) is 4.83. The normalized spacial score (nSPS) is 16.6. The molecule has 0 spiro atoms. The minimum absolute atomic E-state index is 0.0321. The fourth-order valence-electron chi connectivity index (χ4n) is 1.31. The summed E-state index contributed by atoms with van der Waals surface area (Å²) < 4.78 is 15.0. The second-order valence-corrected chi connectivity index (χ2v) is 4.83. The molecular formula is C13H26O10. The lowest BCUT2D eigenvalue weighted by atomic mass is 10.3. The molecule has 10 heteroatoms. The lowest BCUT2D eigenvalue weighted by molar-refractivity contribution is -0.181. The third-order valence-electron chi connectivity index (χ3n) is 2.60. The molecule has 23 heavy (non-hydrogen) atoms. The van der Waals surface area contributed by atoms with E-state index in [1.165, 1.54) is 0 Å². The van der Waals surface area contributed by atoms with Gasteiger partial charge in [0.2, 0.25) is 0 Å². The molecule has 0 bridgehead atoms. The van der Waals surface area contributed by atoms with Crippen LogP contribution in [0.2, 0.25) is 0 Å². The fourth-order valence-corrected chi connectivity index (χ4v) is 1.31. The molecular weight excluding hydrogens is 316 g/mol. The zero-order chi connectivity index (χ0) is 17.7. The Kier molecular flexibility index (Phi) is 13.1. The van der Waals surface area contributed by atoms with Gasteiger partial charge >= 0.3 is 5.97 Å². The smallest absolute Gasteiger partial charge is 0.306 e. The number of aliphatic hydroxyl groups excluding tert-OH is 6. The Bertz CT molecular complexity index is 286. The highest BCUT2D eigenvalue weighted by atomic mass is 16.7. The van der Waals surface area contributed by atoms with E-state index in [4.69, 9.17) is 34.6 Å². The van der Waals surface area contributed by atoms with Crippen molar-refractivity contribution in [1.82, 2.24) is 0 Å². The van der Waals surface area contributed by atoms with Crippen molar-refractivity contribution in [3.63, 3.8) is 0 Å². The minimum Gasteiger partial charge on any atom is -0.463 e. The van der Waals surface area contributed by atoms with Crippen molar-refractivity contribution in [2.24, 2.45) is 0 Å². The Hall–Kier alpha value is -0.850. The number of esters is 1. The first-order chi connectivity index (χ1) is 10.9. The summed E-state index contributed by atoms with van der Waals surface area (Å²) in [4.78, 5) is 11.5. The molecule has 0 saturated heterocycles. The molecule has 0 radical (unpaired) electrons. The number of hydrogen-bond acceptors (Lipinski definition) is 10. The topological polar surface area (TPSA) is 166 Å². The van der Waals surface area contributed by atoms with Crippen LogP contribution in [-0.4, -0.2) is 101 Å². The van der Waals surface area contributed by atoms with Gasteiger partial charge in [-0.05, 0) is 0 Å². The van der Waals surface area contributed by atoms with Gasteiger partial charge in [0.1, 0.15) is 24.9 Å². The van der Waals surface area contributed by atoms with Crippen LogP contribution in [0.25, 0.3) is 0 Å². The van der Waals surface area contributed by atoms with Gasteiger partial charge in [-0.3, -0.25) is 4.79 Å². The summed E-state index contributed by atoms with van der Waals surface area (Å²) in [5.41, 5.74) is 0. The number of aliphatic hydroxyl groups is 6. The van der Waals surface area contributed by atoms with Crippen LogP contribution in [0, 0.1) is 0 Å². The van der Waals surface area contributed by atoms with Gasteiger partial charge in [0, 0.05) is 6.42 Å². The number of rotatable bonds is 14. The van der Waals surface area contributed by atoms with Crippen molar-refractivity contribution in [3.05, 3.63) is 0 Å². The first kappa shape index (κ1) is 22.1. The molecule has 6 N–H and O–H groups in total. The molecule has 0 saturated carbocycles. The van der Waals surface area contributed by atoms with Crippen molar-refractivity contribution in [1.29, 1.82) is 0 Å². The molecule has 0 heterocycles. The molecule has 0 aromatic carbocycles. The average Bonchev–Trinajstić information content (AvgIpc) is 2.57. The first-order valence-corrected chi connectivity index (χ1v) is 7.18. The highest BCUT2D eigenvalue weighted by molar-refractivity contribution is 5.69. The molecule has 10 nitrogen and oxygen atoms in total. The number of carbonyl (C=O) groups is 1. The van der Waals surface area contributed by atoms with Crippen molar-refractivity contribution in [2.45, 2.75) is 37.4 Å². The molecule has 0 rings (SSSR count). The summed E-state index contributed by atoms with van der Waals surface area (Å²) in [6.07, 6.45) is -4.45. The summed E-state index contributed by atoms with van der Waals surface area (Å²) in [7, 11) is 0. The van der Waals surface area contributed by atoms with E-state index in [9.17, 15) is 15.0 Å². The van der Waals surface area contributed by atoms with Crippen molar-refractivity contribution in [3.8, 4) is 0 Å². The summed E-state index contributed by atoms with van der Waals surface area (Å²) in [5, 5.41) is 53.5. The monoisotopic (exact) mass is 342 g/mol. The van der Waals surface area contributed by atoms with Crippen LogP contribution in [0.3, 0.4) is 0 Å². The van der Waals surface area contributed by atoms with Gasteiger partial charge in [-0.2, -0.15) is 0 Å². The van der Waals surface area contributed by atoms with E-state index in [1.807, 2.05) is 0 Å². The van der Waals surface area contributed by atoms with Gasteiger partial charge in [-0.15, -0.1) is 0 Å². The summed E-state index contributed by atoms with van der Waals surface area (Å²) >= 11 is 0. The van der Waals surface area contributed by atoms with E-state index in [0.29, 0.717) is 0 Å².